The smallest absolute Gasteiger partial charge is 0.0230 e. The second-order valence-corrected chi connectivity index (χ2v) is 6.56. The average Bonchev–Trinajstić information content (AvgIpc) is 2.65. The predicted molar refractivity (Wildman–Crippen MR) is 108 cm³/mol. The van der Waals surface area contributed by atoms with Gasteiger partial charge < -0.3 is 0 Å². The van der Waals surface area contributed by atoms with Crippen LogP contribution < -0.4 is 0 Å². The maximum absolute atomic E-state index is 4.21. The third kappa shape index (κ3) is 6.58. The zero-order chi connectivity index (χ0) is 17.0. The van der Waals surface area contributed by atoms with Crippen LogP contribution in [0, 0.1) is 0 Å². The topological polar surface area (TPSA) is 0 Å². The molecule has 2 rings (SSSR count). The van der Waals surface area contributed by atoms with Crippen molar-refractivity contribution in [3.8, 4) is 0 Å². The van der Waals surface area contributed by atoms with Gasteiger partial charge in [-0.25, -0.2) is 0 Å². The largest absolute Gasteiger partial charge is 0.0952 e. The maximum Gasteiger partial charge on any atom is -0.0230 e. The molecule has 0 atom stereocenters. The monoisotopic (exact) mass is 318 g/mol. The molecule has 0 heterocycles. The van der Waals surface area contributed by atoms with Crippen LogP contribution in [0.25, 0.3) is 11.1 Å². The third-order valence-electron chi connectivity index (χ3n) is 4.57. The minimum atomic E-state index is 1.12. The lowest BCUT2D eigenvalue weighted by Gasteiger charge is -2.07. The second kappa shape index (κ2) is 10.6. The summed E-state index contributed by atoms with van der Waals surface area (Å²) in [6.07, 6.45) is 10.0. The molecule has 0 fully saturated rings. The van der Waals surface area contributed by atoms with E-state index in [9.17, 15) is 0 Å². The second-order valence-electron chi connectivity index (χ2n) is 6.56. The highest BCUT2D eigenvalue weighted by Crippen LogP contribution is 2.21. The summed E-state index contributed by atoms with van der Waals surface area (Å²) in [7, 11) is 0. The minimum Gasteiger partial charge on any atom is -0.0952 e. The van der Waals surface area contributed by atoms with Crippen molar-refractivity contribution in [1.82, 2.24) is 0 Å². The highest BCUT2D eigenvalue weighted by atomic mass is 14.1. The van der Waals surface area contributed by atoms with E-state index in [1.807, 2.05) is 0 Å². The van der Waals surface area contributed by atoms with E-state index in [2.05, 4.69) is 73.8 Å². The van der Waals surface area contributed by atoms with Crippen LogP contribution in [-0.2, 0) is 0 Å². The Balaban J connectivity index is 1.48. The van der Waals surface area contributed by atoms with Crippen molar-refractivity contribution in [2.45, 2.75) is 51.4 Å². The van der Waals surface area contributed by atoms with Crippen molar-refractivity contribution < 1.29 is 0 Å². The number of allylic oxidation sites excluding steroid dienone is 2. The molecule has 24 heavy (non-hydrogen) atoms. The van der Waals surface area contributed by atoms with Gasteiger partial charge in [0.1, 0.15) is 0 Å². The minimum absolute atomic E-state index is 1.12. The molecule has 0 bridgehead atoms. The molecular formula is C24H30. The molecule has 0 aliphatic rings. The van der Waals surface area contributed by atoms with Crippen LogP contribution in [0.1, 0.15) is 62.5 Å². The molecule has 126 valence electrons. The molecule has 0 unspecified atom stereocenters. The third-order valence-corrected chi connectivity index (χ3v) is 4.57. The lowest BCUT2D eigenvalue weighted by atomic mass is 9.99. The summed E-state index contributed by atoms with van der Waals surface area (Å²) in [5.41, 5.74) is 5.12. The van der Waals surface area contributed by atoms with E-state index in [-0.39, 0.29) is 0 Å². The standard InChI is InChI=1S/C24H30/c1-21(23-17-11-7-12-18-23)15-9-5-3-4-6-10-16-22(2)24-19-13-8-14-20-24/h7-8,11-14,17-20H,1-6,9-10,15-16H2. The highest BCUT2D eigenvalue weighted by Gasteiger charge is 2.00. The fraction of sp³-hybridized carbons (Fsp3) is 0.333. The first-order valence-corrected chi connectivity index (χ1v) is 9.24. The van der Waals surface area contributed by atoms with Crippen LogP contribution in [0.5, 0.6) is 0 Å². The predicted octanol–water partition coefficient (Wildman–Crippen LogP) is 7.53. The molecule has 0 radical (unpaired) electrons. The Bertz CT molecular complexity index is 550. The van der Waals surface area contributed by atoms with Gasteiger partial charge in [-0.3, -0.25) is 0 Å². The summed E-state index contributed by atoms with van der Waals surface area (Å²) in [5, 5.41) is 0. The first kappa shape index (κ1) is 18.3. The first-order chi connectivity index (χ1) is 11.8. The molecule has 2 aromatic carbocycles. The van der Waals surface area contributed by atoms with Gasteiger partial charge >= 0.3 is 0 Å². The van der Waals surface area contributed by atoms with E-state index >= 15 is 0 Å². The van der Waals surface area contributed by atoms with Crippen molar-refractivity contribution >= 4 is 11.1 Å². The Labute approximate surface area is 147 Å². The summed E-state index contributed by atoms with van der Waals surface area (Å²) >= 11 is 0. The van der Waals surface area contributed by atoms with E-state index in [0.717, 1.165) is 12.8 Å². The SMILES string of the molecule is C=C(CCCCCCCCC(=C)c1ccccc1)c1ccccc1. The Morgan fingerprint density at radius 2 is 0.833 bits per heavy atom. The lowest BCUT2D eigenvalue weighted by molar-refractivity contribution is 0.604. The van der Waals surface area contributed by atoms with E-state index in [0.29, 0.717) is 0 Å². The first-order valence-electron chi connectivity index (χ1n) is 9.24. The van der Waals surface area contributed by atoms with Crippen LogP contribution in [0.4, 0.5) is 0 Å². The van der Waals surface area contributed by atoms with Crippen LogP contribution in [0.2, 0.25) is 0 Å². The van der Waals surface area contributed by atoms with Crippen molar-refractivity contribution in [3.05, 3.63) is 84.9 Å². The van der Waals surface area contributed by atoms with Gasteiger partial charge in [0.05, 0.1) is 0 Å². The van der Waals surface area contributed by atoms with Crippen LogP contribution in [0.3, 0.4) is 0 Å². The number of hydrogen-bond acceptors (Lipinski definition) is 0. The molecule has 0 heteroatoms. The lowest BCUT2D eigenvalue weighted by Crippen LogP contribution is -1.86. The van der Waals surface area contributed by atoms with Crippen LogP contribution >= 0.6 is 0 Å². The van der Waals surface area contributed by atoms with Gasteiger partial charge in [0.25, 0.3) is 0 Å². The van der Waals surface area contributed by atoms with Gasteiger partial charge in [0.15, 0.2) is 0 Å². The van der Waals surface area contributed by atoms with Crippen molar-refractivity contribution in [2.75, 3.05) is 0 Å². The average molecular weight is 319 g/mol. The zero-order valence-corrected chi connectivity index (χ0v) is 14.8. The van der Waals surface area contributed by atoms with Crippen molar-refractivity contribution in [1.29, 1.82) is 0 Å². The quantitative estimate of drug-likeness (QED) is 0.375. The molecule has 0 saturated carbocycles. The molecule has 0 amide bonds. The number of unbranched alkanes of at least 4 members (excludes halogenated alkanes) is 5. The van der Waals surface area contributed by atoms with Gasteiger partial charge in [-0.1, -0.05) is 99.5 Å². The van der Waals surface area contributed by atoms with Crippen molar-refractivity contribution in [2.24, 2.45) is 0 Å². The maximum atomic E-state index is 4.21. The summed E-state index contributed by atoms with van der Waals surface area (Å²) < 4.78 is 0. The number of benzene rings is 2. The molecule has 0 aliphatic heterocycles. The summed E-state index contributed by atoms with van der Waals surface area (Å²) in [4.78, 5) is 0. The molecule has 0 saturated heterocycles. The summed E-state index contributed by atoms with van der Waals surface area (Å²) in [5.74, 6) is 0. The molecule has 0 nitrogen and oxygen atoms in total. The van der Waals surface area contributed by atoms with Gasteiger partial charge in [0, 0.05) is 0 Å². The van der Waals surface area contributed by atoms with Gasteiger partial charge in [-0.05, 0) is 48.0 Å². The zero-order valence-electron chi connectivity index (χ0n) is 14.8. The summed E-state index contributed by atoms with van der Waals surface area (Å²) in [6, 6.07) is 21.1. The van der Waals surface area contributed by atoms with Crippen LogP contribution in [-0.4, -0.2) is 0 Å². The van der Waals surface area contributed by atoms with Gasteiger partial charge in [-0.15, -0.1) is 0 Å². The van der Waals surface area contributed by atoms with Gasteiger partial charge in [0.2, 0.25) is 0 Å². The fourth-order valence-electron chi connectivity index (χ4n) is 3.02. The Hall–Kier alpha value is -2.08. The van der Waals surface area contributed by atoms with Crippen LogP contribution in [0.15, 0.2) is 73.8 Å². The van der Waals surface area contributed by atoms with E-state index < -0.39 is 0 Å². The van der Waals surface area contributed by atoms with Gasteiger partial charge in [-0.2, -0.15) is 0 Å². The summed E-state index contributed by atoms with van der Waals surface area (Å²) in [6.45, 7) is 8.42. The van der Waals surface area contributed by atoms with Crippen molar-refractivity contribution in [3.63, 3.8) is 0 Å². The van der Waals surface area contributed by atoms with E-state index in [1.54, 1.807) is 0 Å². The number of rotatable bonds is 11. The molecule has 0 aliphatic carbocycles. The number of hydrogen-bond donors (Lipinski definition) is 0. The molecule has 0 spiro atoms. The highest BCUT2D eigenvalue weighted by molar-refractivity contribution is 5.63. The Morgan fingerprint density at radius 3 is 1.21 bits per heavy atom. The Morgan fingerprint density at radius 1 is 0.500 bits per heavy atom. The normalized spacial score (nSPS) is 10.5. The fourth-order valence-corrected chi connectivity index (χ4v) is 3.02. The van der Waals surface area contributed by atoms with E-state index in [1.165, 1.54) is 60.8 Å². The van der Waals surface area contributed by atoms with E-state index in [4.69, 9.17) is 0 Å². The molecule has 0 aromatic heterocycles. The Kier molecular flexibility index (Phi) is 8.10. The molecular weight excluding hydrogens is 288 g/mol. The molecule has 2 aromatic rings. The molecule has 0 N–H and O–H groups in total.